The second kappa shape index (κ2) is 15.3. The van der Waals surface area contributed by atoms with Gasteiger partial charge in [-0.2, -0.15) is 5.06 Å². The van der Waals surface area contributed by atoms with Crippen molar-refractivity contribution in [2.75, 3.05) is 39.3 Å². The highest BCUT2D eigenvalue weighted by atomic mass is 16.7. The maximum Gasteiger partial charge on any atom is 0.325 e. The number of para-hydroxylation sites is 1. The lowest BCUT2D eigenvalue weighted by molar-refractivity contribution is -0.183. The number of fused-ring (bicyclic) bond motifs is 2. The number of benzene rings is 2. The number of carbonyl (C=O) groups is 3. The summed E-state index contributed by atoms with van der Waals surface area (Å²) in [6.45, 7) is 13.3. The molecule has 1 heterocycles. The van der Waals surface area contributed by atoms with Gasteiger partial charge < -0.3 is 35.2 Å². The van der Waals surface area contributed by atoms with Crippen molar-refractivity contribution in [2.45, 2.75) is 97.7 Å². The van der Waals surface area contributed by atoms with Gasteiger partial charge in [-0.3, -0.25) is 19.2 Å². The van der Waals surface area contributed by atoms with Crippen LogP contribution in [0.1, 0.15) is 77.2 Å². The van der Waals surface area contributed by atoms with E-state index in [0.717, 1.165) is 12.1 Å². The van der Waals surface area contributed by atoms with Crippen LogP contribution in [0.25, 0.3) is 11.1 Å². The van der Waals surface area contributed by atoms with Crippen LogP contribution in [0.4, 0.5) is 5.69 Å². The molecule has 4 N–H and O–H groups in total. The molecule has 0 aromatic heterocycles. The fourth-order valence-corrected chi connectivity index (χ4v) is 8.62. The smallest absolute Gasteiger partial charge is 0.325 e. The van der Waals surface area contributed by atoms with Crippen LogP contribution in [0.3, 0.4) is 0 Å². The molecule has 8 atom stereocenters. The van der Waals surface area contributed by atoms with Crippen molar-refractivity contribution in [3.63, 3.8) is 0 Å². The molecule has 3 aliphatic carbocycles. The van der Waals surface area contributed by atoms with Crippen molar-refractivity contribution in [1.82, 2.24) is 15.7 Å². The summed E-state index contributed by atoms with van der Waals surface area (Å²) in [5, 5.41) is 28.8. The zero-order valence-electron chi connectivity index (χ0n) is 32.4. The van der Waals surface area contributed by atoms with Crippen LogP contribution in [0.15, 0.2) is 36.4 Å². The van der Waals surface area contributed by atoms with E-state index in [2.05, 4.69) is 31.4 Å². The Kier molecular flexibility index (Phi) is 11.6. The number of nitrogens with one attached hydrogen (secondary N) is 2. The fourth-order valence-electron chi connectivity index (χ4n) is 8.62. The number of rotatable bonds is 12. The molecular weight excluding hydrogens is 664 g/mol. The van der Waals surface area contributed by atoms with Gasteiger partial charge in [0.2, 0.25) is 5.91 Å². The summed E-state index contributed by atoms with van der Waals surface area (Å²) >= 11 is 0. The molecule has 0 spiro atoms. The van der Waals surface area contributed by atoms with Gasteiger partial charge in [-0.15, -0.1) is 0 Å². The molecule has 0 radical (unpaired) electrons. The van der Waals surface area contributed by atoms with Gasteiger partial charge in [0.15, 0.2) is 0 Å². The molecule has 3 saturated carbocycles. The monoisotopic (exact) mass is 722 g/mol. The molecule has 6 rings (SSSR count). The SMILES string of the molecule is COc1c(CN2O[C@@H](CO)[C@H]([C@H](C)O)[C@H]2C(=O)N[C@H]2CC3C[C@@H]([C@@H]2C)C3(C)C)cccc1-c1cc(C(=O)NCC(=O)OC(C)(C)C)cc(N(C)C)c1. The molecule has 1 unspecified atom stereocenters. The van der Waals surface area contributed by atoms with E-state index >= 15 is 0 Å². The molecule has 12 nitrogen and oxygen atoms in total. The minimum atomic E-state index is -0.920. The molecule has 4 aliphatic rings. The summed E-state index contributed by atoms with van der Waals surface area (Å²) in [6.07, 6.45) is 0.402. The highest BCUT2D eigenvalue weighted by Crippen LogP contribution is 2.61. The first-order valence-corrected chi connectivity index (χ1v) is 18.4. The molecule has 286 valence electrons. The molecule has 1 saturated heterocycles. The Morgan fingerprint density at radius 1 is 1.13 bits per heavy atom. The largest absolute Gasteiger partial charge is 0.496 e. The van der Waals surface area contributed by atoms with Gasteiger partial charge in [0.1, 0.15) is 30.0 Å². The van der Waals surface area contributed by atoms with Crippen LogP contribution in [0.5, 0.6) is 5.75 Å². The van der Waals surface area contributed by atoms with Crippen LogP contribution in [0, 0.1) is 29.1 Å². The number of hydroxylamine groups is 2. The van der Waals surface area contributed by atoms with E-state index in [1.54, 1.807) is 52.0 Å². The van der Waals surface area contributed by atoms with Crippen molar-refractivity contribution < 1.29 is 38.9 Å². The predicted molar refractivity (Wildman–Crippen MR) is 198 cm³/mol. The Morgan fingerprint density at radius 2 is 1.85 bits per heavy atom. The zero-order valence-corrected chi connectivity index (χ0v) is 32.4. The Bertz CT molecular complexity index is 1640. The number of methoxy groups -OCH3 is 1. The van der Waals surface area contributed by atoms with Crippen molar-refractivity contribution in [2.24, 2.45) is 29.1 Å². The van der Waals surface area contributed by atoms with Crippen LogP contribution in [-0.2, 0) is 25.7 Å². The third-order valence-electron chi connectivity index (χ3n) is 11.5. The number of carbonyl (C=O) groups excluding carboxylic acids is 3. The highest BCUT2D eigenvalue weighted by Gasteiger charge is 2.57. The number of aliphatic hydroxyl groups excluding tert-OH is 2. The third-order valence-corrected chi connectivity index (χ3v) is 11.5. The van der Waals surface area contributed by atoms with Gasteiger partial charge in [0.25, 0.3) is 5.91 Å². The molecule has 2 aromatic rings. The molecule has 2 bridgehead atoms. The lowest BCUT2D eigenvalue weighted by Crippen LogP contribution is -2.62. The summed E-state index contributed by atoms with van der Waals surface area (Å²) in [5.74, 6) is 0.0733. The van der Waals surface area contributed by atoms with Gasteiger partial charge in [-0.05, 0) is 87.5 Å². The van der Waals surface area contributed by atoms with Gasteiger partial charge in [0, 0.05) is 48.4 Å². The number of aliphatic hydroxyl groups is 2. The number of anilines is 1. The molecule has 2 aromatic carbocycles. The summed E-state index contributed by atoms with van der Waals surface area (Å²) in [6, 6.07) is 10.2. The van der Waals surface area contributed by atoms with Gasteiger partial charge >= 0.3 is 5.97 Å². The number of amides is 2. The summed E-state index contributed by atoms with van der Waals surface area (Å²) < 4.78 is 11.3. The molecule has 4 fully saturated rings. The normalized spacial score (nSPS) is 27.3. The lowest BCUT2D eigenvalue weighted by Gasteiger charge is -2.62. The van der Waals surface area contributed by atoms with Gasteiger partial charge in [-0.25, -0.2) is 0 Å². The Balaban J connectivity index is 1.42. The van der Waals surface area contributed by atoms with E-state index in [4.69, 9.17) is 14.3 Å². The van der Waals surface area contributed by atoms with E-state index in [0.29, 0.717) is 45.8 Å². The summed E-state index contributed by atoms with van der Waals surface area (Å²) in [4.78, 5) is 47.9. The second-order valence-corrected chi connectivity index (χ2v) is 16.7. The maximum absolute atomic E-state index is 14.2. The fraction of sp³-hybridized carbons (Fsp3) is 0.625. The van der Waals surface area contributed by atoms with Crippen LogP contribution < -0.4 is 20.3 Å². The molecule has 2 amide bonds. The highest BCUT2D eigenvalue weighted by molar-refractivity contribution is 5.98. The number of esters is 1. The van der Waals surface area contributed by atoms with Crippen LogP contribution >= 0.6 is 0 Å². The first-order valence-electron chi connectivity index (χ1n) is 18.4. The molecule has 1 aliphatic heterocycles. The van der Waals surface area contributed by atoms with E-state index in [-0.39, 0.29) is 37.1 Å². The number of ether oxygens (including phenoxy) is 2. The summed E-state index contributed by atoms with van der Waals surface area (Å²) in [5.41, 5.74) is 2.82. The minimum absolute atomic E-state index is 0.0197. The number of nitrogens with zero attached hydrogens (tertiary/aromatic N) is 2. The quantitative estimate of drug-likeness (QED) is 0.235. The molecule has 12 heteroatoms. The zero-order chi connectivity index (χ0) is 38.3. The van der Waals surface area contributed by atoms with E-state index in [1.165, 1.54) is 6.42 Å². The first kappa shape index (κ1) is 39.5. The van der Waals surface area contributed by atoms with Crippen molar-refractivity contribution in [3.05, 3.63) is 47.5 Å². The van der Waals surface area contributed by atoms with Crippen molar-refractivity contribution >= 4 is 23.5 Å². The van der Waals surface area contributed by atoms with E-state index in [9.17, 15) is 24.6 Å². The average Bonchev–Trinajstić information content (AvgIpc) is 3.45. The Morgan fingerprint density at radius 3 is 2.42 bits per heavy atom. The Hall–Kier alpha value is -3.71. The topological polar surface area (TPSA) is 150 Å². The second-order valence-electron chi connectivity index (χ2n) is 16.7. The number of hydrogen-bond donors (Lipinski definition) is 4. The maximum atomic E-state index is 14.2. The predicted octanol–water partition coefficient (Wildman–Crippen LogP) is 4.16. The van der Waals surface area contributed by atoms with Crippen LogP contribution in [0.2, 0.25) is 0 Å². The lowest BCUT2D eigenvalue weighted by atomic mass is 9.45. The van der Waals surface area contributed by atoms with E-state index < -0.39 is 41.6 Å². The minimum Gasteiger partial charge on any atom is -0.496 e. The first-order chi connectivity index (χ1) is 24.4. The van der Waals surface area contributed by atoms with Gasteiger partial charge in [0.05, 0.1) is 26.4 Å². The van der Waals surface area contributed by atoms with Crippen molar-refractivity contribution in [3.8, 4) is 16.9 Å². The molecular formula is C40H58N4O8. The molecule has 52 heavy (non-hydrogen) atoms. The van der Waals surface area contributed by atoms with E-state index in [1.807, 2.05) is 43.3 Å². The van der Waals surface area contributed by atoms with Crippen molar-refractivity contribution in [1.29, 1.82) is 0 Å². The van der Waals surface area contributed by atoms with Crippen LogP contribution in [-0.4, -0.2) is 97.3 Å². The Labute approximate surface area is 308 Å². The average molecular weight is 723 g/mol. The standard InChI is InChI=1S/C40H58N4O8/c1-22-30-17-27(40(30,6)7)18-31(22)42-38(49)35-34(23(2)46)32(21-45)52-44(35)20-24-12-11-13-29(36(24)50-10)25-14-26(16-28(15-25)43(8)9)37(48)41-19-33(47)51-39(3,4)5/h11-16,22-23,27,30-32,34-35,45-46H,17-21H2,1-10H3,(H,41,48)(H,42,49)/t22-,23-,27?,30-,31-,32-,34-,35-/m0/s1. The summed E-state index contributed by atoms with van der Waals surface area (Å²) in [7, 11) is 5.31. The van der Waals surface area contributed by atoms with Gasteiger partial charge in [-0.1, -0.05) is 39.0 Å². The number of hydrogen-bond acceptors (Lipinski definition) is 10. The third kappa shape index (κ3) is 8.10.